The standard InChI is InChI=1S/C26H27N3O2S2/c1-5-31-19-11-9-18(10-12-19)29-15(2)13-21(16(29)3)22(30)14-32-25-24-20-7-6-8-23(20)33-26(24)28-17(4)27-25/h9-13H,5-8,14H2,1-4H3. The van der Waals surface area contributed by atoms with Gasteiger partial charge in [0.25, 0.3) is 0 Å². The number of thioether (sulfide) groups is 1. The Balaban J connectivity index is 1.40. The van der Waals surface area contributed by atoms with Crippen LogP contribution in [0.2, 0.25) is 0 Å². The highest BCUT2D eigenvalue weighted by Gasteiger charge is 2.23. The van der Waals surface area contributed by atoms with Crippen LogP contribution >= 0.6 is 23.1 Å². The molecule has 0 unspecified atom stereocenters. The lowest BCUT2D eigenvalue weighted by molar-refractivity contribution is 0.102. The number of hydrogen-bond donors (Lipinski definition) is 0. The summed E-state index contributed by atoms with van der Waals surface area (Å²) in [4.78, 5) is 25.2. The van der Waals surface area contributed by atoms with Gasteiger partial charge in [-0.2, -0.15) is 0 Å². The number of benzene rings is 1. The van der Waals surface area contributed by atoms with Crippen LogP contribution < -0.4 is 4.74 Å². The summed E-state index contributed by atoms with van der Waals surface area (Å²) in [5.74, 6) is 2.11. The molecule has 0 spiro atoms. The number of hydrogen-bond acceptors (Lipinski definition) is 6. The van der Waals surface area contributed by atoms with Crippen LogP contribution in [0.5, 0.6) is 5.75 Å². The summed E-state index contributed by atoms with van der Waals surface area (Å²) in [6, 6.07) is 10.0. The van der Waals surface area contributed by atoms with E-state index < -0.39 is 0 Å². The molecule has 0 aliphatic heterocycles. The van der Waals surface area contributed by atoms with Gasteiger partial charge in [-0.25, -0.2) is 9.97 Å². The number of aromatic nitrogens is 3. The second kappa shape index (κ2) is 8.95. The van der Waals surface area contributed by atoms with Crippen LogP contribution in [0, 0.1) is 20.8 Å². The van der Waals surface area contributed by atoms with Crippen molar-refractivity contribution >= 4 is 39.1 Å². The molecule has 5 rings (SSSR count). The van der Waals surface area contributed by atoms with Gasteiger partial charge < -0.3 is 9.30 Å². The highest BCUT2D eigenvalue weighted by molar-refractivity contribution is 8.00. The van der Waals surface area contributed by atoms with Gasteiger partial charge in [-0.05, 0) is 82.9 Å². The lowest BCUT2D eigenvalue weighted by Gasteiger charge is -2.11. The third-order valence-corrected chi connectivity index (χ3v) is 8.28. The number of rotatable bonds is 7. The van der Waals surface area contributed by atoms with Crippen molar-refractivity contribution in [3.05, 3.63) is 63.5 Å². The maximum atomic E-state index is 13.3. The summed E-state index contributed by atoms with van der Waals surface area (Å²) < 4.78 is 7.69. The predicted molar refractivity (Wildman–Crippen MR) is 136 cm³/mol. The van der Waals surface area contributed by atoms with Crippen LogP contribution in [0.3, 0.4) is 0 Å². The van der Waals surface area contributed by atoms with Crippen molar-refractivity contribution in [3.8, 4) is 11.4 Å². The normalized spacial score (nSPS) is 13.0. The summed E-state index contributed by atoms with van der Waals surface area (Å²) in [6.45, 7) is 8.60. The van der Waals surface area contributed by atoms with Gasteiger partial charge in [0, 0.05) is 32.9 Å². The minimum absolute atomic E-state index is 0.126. The first-order valence-electron chi connectivity index (χ1n) is 11.3. The average Bonchev–Trinajstić information content (AvgIpc) is 3.45. The summed E-state index contributed by atoms with van der Waals surface area (Å²) >= 11 is 3.34. The molecule has 0 bridgehead atoms. The second-order valence-corrected chi connectivity index (χ2v) is 10.4. The Kier molecular flexibility index (Phi) is 6.01. The molecule has 7 heteroatoms. The van der Waals surface area contributed by atoms with E-state index in [4.69, 9.17) is 9.72 Å². The maximum Gasteiger partial charge on any atom is 0.174 e. The highest BCUT2D eigenvalue weighted by Crippen LogP contribution is 2.40. The van der Waals surface area contributed by atoms with E-state index in [-0.39, 0.29) is 5.78 Å². The van der Waals surface area contributed by atoms with E-state index in [1.165, 1.54) is 22.2 Å². The van der Waals surface area contributed by atoms with E-state index in [9.17, 15) is 4.79 Å². The van der Waals surface area contributed by atoms with Crippen LogP contribution in [-0.2, 0) is 12.8 Å². The average molecular weight is 478 g/mol. The largest absolute Gasteiger partial charge is 0.494 e. The Labute approximate surface area is 202 Å². The monoisotopic (exact) mass is 477 g/mol. The molecule has 3 heterocycles. The first kappa shape index (κ1) is 22.2. The topological polar surface area (TPSA) is 57.0 Å². The van der Waals surface area contributed by atoms with Gasteiger partial charge in [0.1, 0.15) is 21.4 Å². The lowest BCUT2D eigenvalue weighted by atomic mass is 10.2. The Morgan fingerprint density at radius 2 is 1.94 bits per heavy atom. The summed E-state index contributed by atoms with van der Waals surface area (Å²) in [5.41, 5.74) is 5.20. The Hall–Kier alpha value is -2.64. The molecule has 1 aromatic carbocycles. The number of carbonyl (C=O) groups is 1. The first-order valence-corrected chi connectivity index (χ1v) is 13.1. The number of ketones is 1. The lowest BCUT2D eigenvalue weighted by Crippen LogP contribution is -2.06. The highest BCUT2D eigenvalue weighted by atomic mass is 32.2. The van der Waals surface area contributed by atoms with E-state index in [1.54, 1.807) is 23.1 Å². The van der Waals surface area contributed by atoms with Crippen LogP contribution in [0.1, 0.15) is 51.4 Å². The summed E-state index contributed by atoms with van der Waals surface area (Å²) in [6.07, 6.45) is 3.42. The Morgan fingerprint density at radius 1 is 1.15 bits per heavy atom. The third-order valence-electron chi connectivity index (χ3n) is 6.12. The van der Waals surface area contributed by atoms with Gasteiger partial charge in [-0.3, -0.25) is 4.79 Å². The number of nitrogens with zero attached hydrogens (tertiary/aromatic N) is 3. The van der Waals surface area contributed by atoms with Gasteiger partial charge in [0.2, 0.25) is 0 Å². The molecule has 0 N–H and O–H groups in total. The van der Waals surface area contributed by atoms with Gasteiger partial charge >= 0.3 is 0 Å². The minimum Gasteiger partial charge on any atom is -0.494 e. The molecule has 33 heavy (non-hydrogen) atoms. The number of Topliss-reactive ketones (excluding diaryl/α,β-unsaturated/α-hetero) is 1. The Morgan fingerprint density at radius 3 is 2.70 bits per heavy atom. The zero-order chi connectivity index (χ0) is 23.1. The van der Waals surface area contributed by atoms with Crippen LogP contribution in [0.15, 0.2) is 35.4 Å². The van der Waals surface area contributed by atoms with Gasteiger partial charge in [-0.15, -0.1) is 11.3 Å². The predicted octanol–water partition coefficient (Wildman–Crippen LogP) is 6.27. The molecule has 0 atom stereocenters. The fraction of sp³-hybridized carbons (Fsp3) is 0.346. The number of ether oxygens (including phenoxy) is 1. The van der Waals surface area contributed by atoms with Crippen LogP contribution in [0.25, 0.3) is 15.9 Å². The molecule has 1 aliphatic carbocycles. The zero-order valence-corrected chi connectivity index (χ0v) is 21.0. The van der Waals surface area contributed by atoms with Crippen molar-refractivity contribution in [2.45, 2.75) is 52.0 Å². The summed E-state index contributed by atoms with van der Waals surface area (Å²) in [5, 5.41) is 2.13. The zero-order valence-electron chi connectivity index (χ0n) is 19.4. The van der Waals surface area contributed by atoms with Crippen molar-refractivity contribution in [3.63, 3.8) is 0 Å². The molecule has 4 aromatic rings. The molecule has 0 fully saturated rings. The molecule has 0 radical (unpaired) electrons. The minimum atomic E-state index is 0.126. The quantitative estimate of drug-likeness (QED) is 0.178. The van der Waals surface area contributed by atoms with Crippen molar-refractivity contribution in [1.29, 1.82) is 0 Å². The number of fused-ring (bicyclic) bond motifs is 3. The van der Waals surface area contributed by atoms with Crippen molar-refractivity contribution in [1.82, 2.24) is 14.5 Å². The molecule has 0 saturated heterocycles. The SMILES string of the molecule is CCOc1ccc(-n2c(C)cc(C(=O)CSc3nc(C)nc4sc5c(c34)CCC5)c2C)cc1. The van der Waals surface area contributed by atoms with E-state index in [0.29, 0.717) is 12.4 Å². The van der Waals surface area contributed by atoms with Gasteiger partial charge in [-0.1, -0.05) is 11.8 Å². The van der Waals surface area contributed by atoms with Crippen molar-refractivity contribution in [2.75, 3.05) is 12.4 Å². The smallest absolute Gasteiger partial charge is 0.174 e. The molecule has 170 valence electrons. The second-order valence-electron chi connectivity index (χ2n) is 8.37. The van der Waals surface area contributed by atoms with E-state index >= 15 is 0 Å². The number of carbonyl (C=O) groups excluding carboxylic acids is 1. The third kappa shape index (κ3) is 4.08. The van der Waals surface area contributed by atoms with Crippen molar-refractivity contribution < 1.29 is 9.53 Å². The van der Waals surface area contributed by atoms with Crippen LogP contribution in [0.4, 0.5) is 0 Å². The molecule has 0 saturated carbocycles. The molecule has 3 aromatic heterocycles. The molecule has 0 amide bonds. The first-order chi connectivity index (χ1) is 16.0. The molecule has 1 aliphatic rings. The van der Waals surface area contributed by atoms with E-state index in [1.807, 2.05) is 58.0 Å². The van der Waals surface area contributed by atoms with Crippen molar-refractivity contribution in [2.24, 2.45) is 0 Å². The van der Waals surface area contributed by atoms with Crippen LogP contribution in [-0.4, -0.2) is 32.7 Å². The molecule has 5 nitrogen and oxygen atoms in total. The maximum absolute atomic E-state index is 13.3. The summed E-state index contributed by atoms with van der Waals surface area (Å²) in [7, 11) is 0. The van der Waals surface area contributed by atoms with Gasteiger partial charge in [0.15, 0.2) is 5.78 Å². The number of aryl methyl sites for hydroxylation is 4. The van der Waals surface area contributed by atoms with E-state index in [0.717, 1.165) is 56.9 Å². The van der Waals surface area contributed by atoms with Gasteiger partial charge in [0.05, 0.1) is 12.4 Å². The fourth-order valence-electron chi connectivity index (χ4n) is 4.68. The fourth-order valence-corrected chi connectivity index (χ4v) is 7.04. The number of thiophene rings is 1. The molecular weight excluding hydrogens is 450 g/mol. The molecular formula is C26H27N3O2S2. The Bertz CT molecular complexity index is 1350. The van der Waals surface area contributed by atoms with E-state index in [2.05, 4.69) is 9.55 Å².